The molecular weight excluding hydrogens is 450 g/mol. The molecule has 2 heteroatoms. The summed E-state index contributed by atoms with van der Waals surface area (Å²) in [4.78, 5) is 2.29. The fourth-order valence-corrected chi connectivity index (χ4v) is 5.07. The molecule has 37 heavy (non-hydrogen) atoms. The van der Waals surface area contributed by atoms with Crippen molar-refractivity contribution in [1.29, 1.82) is 0 Å². The van der Waals surface area contributed by atoms with Gasteiger partial charge in [-0.25, -0.2) is 0 Å². The van der Waals surface area contributed by atoms with Crippen LogP contribution in [0.15, 0.2) is 109 Å². The van der Waals surface area contributed by atoms with Gasteiger partial charge in [-0.2, -0.15) is 0 Å². The number of hydrogen-bond acceptors (Lipinski definition) is 2. The average Bonchev–Trinajstić information content (AvgIpc) is 3.12. The number of likely N-dealkylation sites (N-methyl/N-ethyl adjacent to an activating group) is 1. The Morgan fingerprint density at radius 3 is 2.03 bits per heavy atom. The zero-order valence-corrected chi connectivity index (χ0v) is 22.8. The number of allylic oxidation sites excluding steroid dienone is 7. The minimum atomic E-state index is -0.0282. The molecule has 190 valence electrons. The third-order valence-corrected chi connectivity index (χ3v) is 7.45. The summed E-state index contributed by atoms with van der Waals surface area (Å²) in [5, 5.41) is 10.9. The fourth-order valence-electron chi connectivity index (χ4n) is 5.07. The lowest BCUT2D eigenvalue weighted by atomic mass is 9.84. The number of fused-ring (bicyclic) bond motifs is 1. The molecular formula is C35H39NO. The van der Waals surface area contributed by atoms with Gasteiger partial charge in [-0.05, 0) is 65.3 Å². The minimum absolute atomic E-state index is 0.0282. The molecule has 0 spiro atoms. The van der Waals surface area contributed by atoms with Gasteiger partial charge in [-0.1, -0.05) is 113 Å². The second-order valence-electron chi connectivity index (χ2n) is 10.2. The number of hydrogen-bond donors (Lipinski definition) is 1. The van der Waals surface area contributed by atoms with E-state index in [1.807, 2.05) is 18.2 Å². The predicted molar refractivity (Wildman–Crippen MR) is 160 cm³/mol. The predicted octanol–water partition coefficient (Wildman–Crippen LogP) is 9.05. The number of anilines is 1. The van der Waals surface area contributed by atoms with Crippen molar-refractivity contribution >= 4 is 17.0 Å². The molecule has 0 unspecified atom stereocenters. The fraction of sp³-hybridized carbons (Fsp3) is 0.257. The maximum atomic E-state index is 10.9. The van der Waals surface area contributed by atoms with E-state index in [9.17, 15) is 5.11 Å². The monoisotopic (exact) mass is 489 g/mol. The van der Waals surface area contributed by atoms with Gasteiger partial charge in [-0.3, -0.25) is 0 Å². The summed E-state index contributed by atoms with van der Waals surface area (Å²) in [6, 6.07) is 25.4. The second-order valence-corrected chi connectivity index (χ2v) is 10.2. The zero-order chi connectivity index (χ0) is 26.4. The first kappa shape index (κ1) is 26.3. The van der Waals surface area contributed by atoms with E-state index in [1.165, 1.54) is 28.1 Å². The van der Waals surface area contributed by atoms with Gasteiger partial charge in [-0.15, -0.1) is 0 Å². The molecule has 2 nitrogen and oxygen atoms in total. The van der Waals surface area contributed by atoms with Gasteiger partial charge in [0, 0.05) is 29.4 Å². The van der Waals surface area contributed by atoms with E-state index in [0.717, 1.165) is 36.0 Å². The van der Waals surface area contributed by atoms with Crippen LogP contribution in [-0.4, -0.2) is 12.2 Å². The van der Waals surface area contributed by atoms with Crippen LogP contribution < -0.4 is 4.90 Å². The van der Waals surface area contributed by atoms with Crippen molar-refractivity contribution in [2.45, 2.75) is 52.4 Å². The van der Waals surface area contributed by atoms with Gasteiger partial charge in [0.05, 0.1) is 0 Å². The van der Waals surface area contributed by atoms with Gasteiger partial charge in [0.25, 0.3) is 0 Å². The van der Waals surface area contributed by atoms with Crippen molar-refractivity contribution in [2.24, 2.45) is 0 Å². The van der Waals surface area contributed by atoms with E-state index in [1.54, 1.807) is 0 Å². The number of nitrogens with zero attached hydrogens (tertiary/aromatic N) is 1. The topological polar surface area (TPSA) is 23.5 Å². The van der Waals surface area contributed by atoms with E-state index in [-0.39, 0.29) is 11.2 Å². The van der Waals surface area contributed by atoms with Crippen molar-refractivity contribution in [3.63, 3.8) is 0 Å². The minimum Gasteiger partial charge on any atom is -0.507 e. The van der Waals surface area contributed by atoms with E-state index in [0.29, 0.717) is 0 Å². The molecule has 0 bridgehead atoms. The van der Waals surface area contributed by atoms with Crippen LogP contribution in [0.25, 0.3) is 11.3 Å². The lowest BCUT2D eigenvalue weighted by molar-refractivity contribution is 0.512. The van der Waals surface area contributed by atoms with Crippen molar-refractivity contribution < 1.29 is 5.11 Å². The van der Waals surface area contributed by atoms with Crippen LogP contribution in [0.2, 0.25) is 0 Å². The Kier molecular flexibility index (Phi) is 8.18. The molecule has 3 aromatic carbocycles. The van der Waals surface area contributed by atoms with Crippen LogP contribution in [-0.2, 0) is 18.3 Å². The highest BCUT2D eigenvalue weighted by atomic mass is 16.3. The average molecular weight is 490 g/mol. The highest BCUT2D eigenvalue weighted by Crippen LogP contribution is 2.46. The summed E-state index contributed by atoms with van der Waals surface area (Å²) in [7, 11) is 2.14. The molecule has 0 saturated heterocycles. The molecule has 0 amide bonds. The van der Waals surface area contributed by atoms with E-state index in [2.05, 4.69) is 125 Å². The van der Waals surface area contributed by atoms with Gasteiger partial charge < -0.3 is 10.0 Å². The highest BCUT2D eigenvalue weighted by Gasteiger charge is 2.37. The molecule has 1 aliphatic rings. The molecule has 3 aromatic rings. The quantitative estimate of drug-likeness (QED) is 0.252. The lowest BCUT2D eigenvalue weighted by Crippen LogP contribution is -2.22. The first-order valence-corrected chi connectivity index (χ1v) is 13.3. The van der Waals surface area contributed by atoms with Crippen molar-refractivity contribution in [2.75, 3.05) is 11.9 Å². The molecule has 1 heterocycles. The number of benzene rings is 3. The Labute approximate surface area is 223 Å². The Morgan fingerprint density at radius 2 is 1.43 bits per heavy atom. The van der Waals surface area contributed by atoms with E-state index >= 15 is 0 Å². The first-order chi connectivity index (χ1) is 17.8. The van der Waals surface area contributed by atoms with Crippen LogP contribution in [0.1, 0.15) is 61.9 Å². The maximum Gasteiger partial charge on any atom is 0.123 e. The molecule has 0 saturated carbocycles. The number of rotatable bonds is 8. The summed E-state index contributed by atoms with van der Waals surface area (Å²) in [5.41, 5.74) is 9.43. The number of aliphatic hydroxyl groups is 1. The molecule has 0 fully saturated rings. The van der Waals surface area contributed by atoms with Crippen LogP contribution in [0, 0.1) is 0 Å². The Morgan fingerprint density at radius 1 is 0.838 bits per heavy atom. The summed E-state index contributed by atoms with van der Waals surface area (Å²) < 4.78 is 0. The summed E-state index contributed by atoms with van der Waals surface area (Å²) in [6.45, 7) is 8.87. The van der Waals surface area contributed by atoms with Crippen LogP contribution >= 0.6 is 0 Å². The Hall–Kier alpha value is -3.78. The summed E-state index contributed by atoms with van der Waals surface area (Å²) >= 11 is 0. The third kappa shape index (κ3) is 5.80. The van der Waals surface area contributed by atoms with Crippen molar-refractivity contribution in [3.8, 4) is 0 Å². The lowest BCUT2D eigenvalue weighted by Gasteiger charge is -2.23. The Bertz CT molecular complexity index is 1330. The number of aliphatic hydroxyl groups excluding tert-OH is 1. The first-order valence-electron chi connectivity index (χ1n) is 13.3. The van der Waals surface area contributed by atoms with Crippen LogP contribution in [0.3, 0.4) is 0 Å². The summed E-state index contributed by atoms with van der Waals surface area (Å²) in [6.07, 6.45) is 13.4. The molecule has 0 aromatic heterocycles. The smallest absolute Gasteiger partial charge is 0.123 e. The molecule has 0 radical (unpaired) electrons. The largest absolute Gasteiger partial charge is 0.507 e. The van der Waals surface area contributed by atoms with E-state index in [4.69, 9.17) is 0 Å². The van der Waals surface area contributed by atoms with Gasteiger partial charge >= 0.3 is 0 Å². The number of aryl methyl sites for hydroxylation is 2. The standard InChI is InChI=1S/C35H39NO/c1-6-26-17-21-28(22-18-26)30(25-33(37)29-23-19-27(7-2)20-24-29)13-9-8-10-16-34-35(3,4)31-14-11-12-15-32(31)36(34)5/h8,10-25,37H,6-7,9H2,1-5H3/b10-8+,30-13+,33-25-,34-16+. The SMILES string of the molecule is CCc1ccc(/C(O)=C/C(=C\C/C=C/C=C2/N(C)c3ccccc3C2(C)C)c2ccc(CC)cc2)cc1. The molecule has 1 N–H and O–H groups in total. The molecule has 4 rings (SSSR count). The second kappa shape index (κ2) is 11.5. The van der Waals surface area contributed by atoms with Gasteiger partial charge in [0.2, 0.25) is 0 Å². The normalized spacial score (nSPS) is 16.6. The van der Waals surface area contributed by atoms with Gasteiger partial charge in [0.15, 0.2) is 0 Å². The highest BCUT2D eigenvalue weighted by molar-refractivity contribution is 5.81. The molecule has 0 aliphatic carbocycles. The maximum absolute atomic E-state index is 10.9. The molecule has 1 aliphatic heterocycles. The van der Waals surface area contributed by atoms with Crippen LogP contribution in [0.5, 0.6) is 0 Å². The van der Waals surface area contributed by atoms with Crippen molar-refractivity contribution in [3.05, 3.63) is 137 Å². The molecule has 0 atom stereocenters. The Balaban J connectivity index is 1.58. The summed E-state index contributed by atoms with van der Waals surface area (Å²) in [5.74, 6) is 0.284. The van der Waals surface area contributed by atoms with Crippen molar-refractivity contribution in [1.82, 2.24) is 0 Å². The van der Waals surface area contributed by atoms with Crippen LogP contribution in [0.4, 0.5) is 5.69 Å². The number of para-hydroxylation sites is 1. The zero-order valence-electron chi connectivity index (χ0n) is 22.8. The third-order valence-electron chi connectivity index (χ3n) is 7.45. The van der Waals surface area contributed by atoms with Gasteiger partial charge in [0.1, 0.15) is 5.76 Å². The van der Waals surface area contributed by atoms with E-state index < -0.39 is 0 Å².